The predicted molar refractivity (Wildman–Crippen MR) is 91.8 cm³/mol. The van der Waals surface area contributed by atoms with Gasteiger partial charge in [0.15, 0.2) is 17.5 Å². The standard InChI is InChI=1S/C19H19F3N2O2/c1-26-14-4-2-13(3-5-14)12-17(25)24-10-8-23(9-11-24)16-7-6-15(20)18(21)19(16)22/h2-7H,8-12H2,1H3. The largest absolute Gasteiger partial charge is 0.497 e. The van der Waals surface area contributed by atoms with Crippen molar-refractivity contribution in [2.45, 2.75) is 6.42 Å². The minimum absolute atomic E-state index is 0.0196. The quantitative estimate of drug-likeness (QED) is 0.782. The summed E-state index contributed by atoms with van der Waals surface area (Å²) in [5.41, 5.74) is 0.899. The molecule has 1 saturated heterocycles. The fourth-order valence-corrected chi connectivity index (χ4v) is 2.99. The van der Waals surface area contributed by atoms with E-state index in [9.17, 15) is 18.0 Å². The first-order valence-electron chi connectivity index (χ1n) is 8.28. The highest BCUT2D eigenvalue weighted by Gasteiger charge is 2.24. The van der Waals surface area contributed by atoms with E-state index in [1.807, 2.05) is 12.1 Å². The van der Waals surface area contributed by atoms with Crippen LogP contribution in [0.25, 0.3) is 0 Å². The van der Waals surface area contributed by atoms with Gasteiger partial charge in [-0.1, -0.05) is 12.1 Å². The Morgan fingerprint density at radius 2 is 1.62 bits per heavy atom. The van der Waals surface area contributed by atoms with E-state index >= 15 is 0 Å². The second-order valence-corrected chi connectivity index (χ2v) is 6.09. The highest BCUT2D eigenvalue weighted by atomic mass is 19.2. The number of ether oxygens (including phenoxy) is 1. The molecule has 0 aliphatic carbocycles. The van der Waals surface area contributed by atoms with E-state index in [0.717, 1.165) is 17.4 Å². The number of benzene rings is 2. The lowest BCUT2D eigenvalue weighted by Gasteiger charge is -2.36. The fourth-order valence-electron chi connectivity index (χ4n) is 2.99. The highest BCUT2D eigenvalue weighted by Crippen LogP contribution is 2.24. The van der Waals surface area contributed by atoms with Gasteiger partial charge in [-0.25, -0.2) is 13.2 Å². The number of carbonyl (C=O) groups is 1. The molecular formula is C19H19F3N2O2. The molecule has 0 bridgehead atoms. The topological polar surface area (TPSA) is 32.8 Å². The van der Waals surface area contributed by atoms with E-state index in [0.29, 0.717) is 26.2 Å². The van der Waals surface area contributed by atoms with Gasteiger partial charge in [-0.15, -0.1) is 0 Å². The van der Waals surface area contributed by atoms with Crippen molar-refractivity contribution in [3.8, 4) is 5.75 Å². The molecular weight excluding hydrogens is 345 g/mol. The zero-order valence-electron chi connectivity index (χ0n) is 14.3. The van der Waals surface area contributed by atoms with Gasteiger partial charge in [0.05, 0.1) is 19.2 Å². The summed E-state index contributed by atoms with van der Waals surface area (Å²) in [6.45, 7) is 1.51. The molecule has 138 valence electrons. The summed E-state index contributed by atoms with van der Waals surface area (Å²) in [7, 11) is 1.58. The summed E-state index contributed by atoms with van der Waals surface area (Å²) < 4.78 is 45.4. The van der Waals surface area contributed by atoms with Crippen LogP contribution in [0.1, 0.15) is 5.56 Å². The van der Waals surface area contributed by atoms with Crippen molar-refractivity contribution < 1.29 is 22.7 Å². The van der Waals surface area contributed by atoms with E-state index < -0.39 is 17.5 Å². The van der Waals surface area contributed by atoms with E-state index in [1.165, 1.54) is 6.07 Å². The van der Waals surface area contributed by atoms with Crippen LogP contribution in [-0.4, -0.2) is 44.1 Å². The van der Waals surface area contributed by atoms with Crippen LogP contribution >= 0.6 is 0 Å². The first-order chi connectivity index (χ1) is 12.5. The van der Waals surface area contributed by atoms with E-state index in [4.69, 9.17) is 4.74 Å². The number of methoxy groups -OCH3 is 1. The molecule has 26 heavy (non-hydrogen) atoms. The molecule has 0 unspecified atom stereocenters. The summed E-state index contributed by atoms with van der Waals surface area (Å²) in [5.74, 6) is -3.17. The third-order valence-electron chi connectivity index (χ3n) is 4.50. The molecule has 1 aliphatic heterocycles. The van der Waals surface area contributed by atoms with Gasteiger partial charge in [0, 0.05) is 26.2 Å². The minimum Gasteiger partial charge on any atom is -0.497 e. The Bertz CT molecular complexity index is 788. The molecule has 1 aliphatic rings. The maximum atomic E-state index is 13.9. The lowest BCUT2D eigenvalue weighted by Crippen LogP contribution is -2.49. The Labute approximate surface area is 149 Å². The molecule has 7 heteroatoms. The Morgan fingerprint density at radius 1 is 0.962 bits per heavy atom. The van der Waals surface area contributed by atoms with Crippen molar-refractivity contribution in [3.63, 3.8) is 0 Å². The zero-order chi connectivity index (χ0) is 18.7. The van der Waals surface area contributed by atoms with Gasteiger partial charge >= 0.3 is 0 Å². The van der Waals surface area contributed by atoms with Crippen molar-refractivity contribution in [3.05, 3.63) is 59.4 Å². The van der Waals surface area contributed by atoms with Gasteiger partial charge in [-0.05, 0) is 29.8 Å². The van der Waals surface area contributed by atoms with Crippen molar-refractivity contribution in [2.75, 3.05) is 38.2 Å². The number of hydrogen-bond donors (Lipinski definition) is 0. The molecule has 1 fully saturated rings. The Morgan fingerprint density at radius 3 is 2.23 bits per heavy atom. The molecule has 1 amide bonds. The number of carbonyl (C=O) groups excluding carboxylic acids is 1. The van der Waals surface area contributed by atoms with Gasteiger partial charge in [-0.3, -0.25) is 4.79 Å². The SMILES string of the molecule is COc1ccc(CC(=O)N2CCN(c3ccc(F)c(F)c3F)CC2)cc1. The van der Waals surface area contributed by atoms with Crippen LogP contribution in [0, 0.1) is 17.5 Å². The Balaban J connectivity index is 1.59. The van der Waals surface area contributed by atoms with Crippen LogP contribution in [0.2, 0.25) is 0 Å². The first-order valence-corrected chi connectivity index (χ1v) is 8.28. The van der Waals surface area contributed by atoms with Gasteiger partial charge in [0.2, 0.25) is 5.91 Å². The van der Waals surface area contributed by atoms with Crippen LogP contribution in [0.15, 0.2) is 36.4 Å². The van der Waals surface area contributed by atoms with E-state index in [2.05, 4.69) is 0 Å². The Kier molecular flexibility index (Phi) is 5.35. The number of anilines is 1. The molecule has 0 N–H and O–H groups in total. The molecule has 2 aromatic carbocycles. The van der Waals surface area contributed by atoms with Crippen molar-refractivity contribution in [2.24, 2.45) is 0 Å². The average Bonchev–Trinajstić information content (AvgIpc) is 2.67. The number of nitrogens with zero attached hydrogens (tertiary/aromatic N) is 2. The van der Waals surface area contributed by atoms with Crippen molar-refractivity contribution in [1.82, 2.24) is 4.90 Å². The van der Waals surface area contributed by atoms with Crippen LogP contribution in [0.5, 0.6) is 5.75 Å². The fraction of sp³-hybridized carbons (Fsp3) is 0.316. The molecule has 3 rings (SSSR count). The Hall–Kier alpha value is -2.70. The summed E-state index contributed by atoms with van der Waals surface area (Å²) in [6.07, 6.45) is 0.267. The van der Waals surface area contributed by atoms with Crippen LogP contribution in [0.4, 0.5) is 18.9 Å². The van der Waals surface area contributed by atoms with E-state index in [1.54, 1.807) is 29.0 Å². The number of piperazine rings is 1. The predicted octanol–water partition coefficient (Wildman–Crippen LogP) is 3.00. The average molecular weight is 364 g/mol. The zero-order valence-corrected chi connectivity index (χ0v) is 14.3. The molecule has 0 atom stereocenters. The first kappa shape index (κ1) is 18.1. The summed E-state index contributed by atoms with van der Waals surface area (Å²) in [6, 6.07) is 9.41. The van der Waals surface area contributed by atoms with Gasteiger partial charge in [0.25, 0.3) is 0 Å². The minimum atomic E-state index is -1.47. The number of rotatable bonds is 4. The maximum absolute atomic E-state index is 13.9. The molecule has 4 nitrogen and oxygen atoms in total. The van der Waals surface area contributed by atoms with Crippen molar-refractivity contribution >= 4 is 11.6 Å². The summed E-state index contributed by atoms with van der Waals surface area (Å²) in [5, 5.41) is 0. The molecule has 0 radical (unpaired) electrons. The lowest BCUT2D eigenvalue weighted by atomic mass is 10.1. The normalized spacial score (nSPS) is 14.5. The van der Waals surface area contributed by atoms with Gasteiger partial charge < -0.3 is 14.5 Å². The number of amides is 1. The highest BCUT2D eigenvalue weighted by molar-refractivity contribution is 5.79. The second-order valence-electron chi connectivity index (χ2n) is 6.09. The summed E-state index contributed by atoms with van der Waals surface area (Å²) in [4.78, 5) is 15.7. The smallest absolute Gasteiger partial charge is 0.227 e. The van der Waals surface area contributed by atoms with Crippen LogP contribution in [-0.2, 0) is 11.2 Å². The van der Waals surface area contributed by atoms with Crippen molar-refractivity contribution in [1.29, 1.82) is 0 Å². The van der Waals surface area contributed by atoms with Crippen LogP contribution < -0.4 is 9.64 Å². The molecule has 1 heterocycles. The third-order valence-corrected chi connectivity index (χ3v) is 4.50. The number of hydrogen-bond acceptors (Lipinski definition) is 3. The molecule has 0 spiro atoms. The van der Waals surface area contributed by atoms with Gasteiger partial charge in [0.1, 0.15) is 5.75 Å². The second kappa shape index (κ2) is 7.68. The monoisotopic (exact) mass is 364 g/mol. The molecule has 2 aromatic rings. The van der Waals surface area contributed by atoms with E-state index in [-0.39, 0.29) is 18.0 Å². The maximum Gasteiger partial charge on any atom is 0.227 e. The molecule has 0 saturated carbocycles. The van der Waals surface area contributed by atoms with Crippen LogP contribution in [0.3, 0.4) is 0 Å². The summed E-state index contributed by atoms with van der Waals surface area (Å²) >= 11 is 0. The third kappa shape index (κ3) is 3.76. The lowest BCUT2D eigenvalue weighted by molar-refractivity contribution is -0.130. The van der Waals surface area contributed by atoms with Gasteiger partial charge in [-0.2, -0.15) is 0 Å². The molecule has 0 aromatic heterocycles. The number of halogens is 3.